The topological polar surface area (TPSA) is 17.3 Å². The predicted octanol–water partition coefficient (Wildman–Crippen LogP) is 14.8. The number of hydrogen-bond acceptors (Lipinski definition) is 2. The molecule has 9 aromatic carbocycles. The molecule has 11 aromatic rings. The summed E-state index contributed by atoms with van der Waals surface area (Å²) in [4.78, 5) is 5.89. The molecule has 0 radical (unpaired) electrons. The quantitative estimate of drug-likeness (QED) is 0.129. The molecule has 2 heterocycles. The highest BCUT2D eigenvalue weighted by Gasteiger charge is 2.26. The zero-order valence-corrected chi connectivity index (χ0v) is 30.8. The Morgan fingerprint density at radius 2 is 1.09 bits per heavy atom. The second-order valence-corrected chi connectivity index (χ2v) is 15.3. The van der Waals surface area contributed by atoms with Gasteiger partial charge in [-0.05, 0) is 74.8 Å². The van der Waals surface area contributed by atoms with Crippen molar-refractivity contribution >= 4 is 114 Å². The molecule has 0 N–H and O–H groups in total. The van der Waals surface area contributed by atoms with Crippen LogP contribution in [0.5, 0.6) is 0 Å². The van der Waals surface area contributed by atoms with Crippen molar-refractivity contribution in [2.75, 3.05) is 0 Å². The number of hydrogen-bond donors (Lipinski definition) is 0. The molecule has 0 fully saturated rings. The molecule has 254 valence electrons. The number of nitrogens with zero attached hydrogens (tertiary/aromatic N) is 2. The molecule has 0 saturated carbocycles. The van der Waals surface area contributed by atoms with Gasteiger partial charge in [-0.1, -0.05) is 158 Å². The fraction of sp³-hybridized carbons (Fsp3) is 0.0392. The zero-order valence-electron chi connectivity index (χ0n) is 30.0. The minimum atomic E-state index is 0.915. The van der Waals surface area contributed by atoms with E-state index in [0.717, 1.165) is 39.1 Å². The highest BCUT2D eigenvalue weighted by molar-refractivity contribution is 7.27. The maximum atomic E-state index is 5.89. The summed E-state index contributed by atoms with van der Waals surface area (Å²) in [5, 5.41) is 15.0. The maximum absolute atomic E-state index is 5.89. The smallest absolute Gasteiger partial charge is 0.145 e. The number of benzene rings is 9. The van der Waals surface area contributed by atoms with E-state index in [-0.39, 0.29) is 0 Å². The van der Waals surface area contributed by atoms with Crippen molar-refractivity contribution in [3.05, 3.63) is 181 Å². The van der Waals surface area contributed by atoms with Gasteiger partial charge in [0.15, 0.2) is 0 Å². The first-order chi connectivity index (χ1) is 26.7. The van der Waals surface area contributed by atoms with Crippen molar-refractivity contribution in [2.45, 2.75) is 13.8 Å². The van der Waals surface area contributed by atoms with Gasteiger partial charge in [0.25, 0.3) is 0 Å². The van der Waals surface area contributed by atoms with Crippen LogP contribution in [0.4, 0.5) is 5.69 Å². The molecule has 0 amide bonds. The summed E-state index contributed by atoms with van der Waals surface area (Å²) < 4.78 is 5.07. The summed E-state index contributed by atoms with van der Waals surface area (Å²) in [5.41, 5.74) is 6.74. The molecule has 0 aliphatic carbocycles. The van der Waals surface area contributed by atoms with Crippen LogP contribution in [0.3, 0.4) is 0 Å². The Morgan fingerprint density at radius 1 is 0.519 bits per heavy atom. The second-order valence-electron chi connectivity index (χ2n) is 14.2. The monoisotopic (exact) mass is 706 g/mol. The van der Waals surface area contributed by atoms with Crippen LogP contribution < -0.4 is 0 Å². The van der Waals surface area contributed by atoms with Crippen LogP contribution in [0, 0.1) is 6.92 Å². The van der Waals surface area contributed by atoms with Gasteiger partial charge in [0.1, 0.15) is 5.84 Å². The van der Waals surface area contributed by atoms with Crippen molar-refractivity contribution in [2.24, 2.45) is 4.99 Å². The Morgan fingerprint density at radius 3 is 1.85 bits per heavy atom. The van der Waals surface area contributed by atoms with Gasteiger partial charge in [0.2, 0.25) is 0 Å². The Kier molecular flexibility index (Phi) is 6.89. The molecule has 0 unspecified atom stereocenters. The van der Waals surface area contributed by atoms with E-state index in [2.05, 4.69) is 188 Å². The number of allylic oxidation sites excluding steroid dienone is 2. The lowest BCUT2D eigenvalue weighted by Crippen LogP contribution is -2.14. The zero-order chi connectivity index (χ0) is 35.9. The standard InChI is InChI=1S/C51H34N2S/c1-3-35(39-25-14-18-32-15-4-7-19-36(32)39)51(52-48-31(2)27-28-34-17-6-9-21-38(34)48)53-43-26-13-12-24-42(43)45-40-22-10-11-23-41(40)47-46-37-20-8-5-16-33(37)29-30-44(46)54-50(47)49(45)53/h3-30H,1-2H3/b35-3-,52-51?. The van der Waals surface area contributed by atoms with Gasteiger partial charge in [0, 0.05) is 37.2 Å². The van der Waals surface area contributed by atoms with Crippen LogP contribution in [-0.4, -0.2) is 10.4 Å². The number of para-hydroxylation sites is 1. The van der Waals surface area contributed by atoms with Gasteiger partial charge < -0.3 is 0 Å². The summed E-state index contributed by atoms with van der Waals surface area (Å²) in [7, 11) is 0. The Labute approximate surface area is 316 Å². The van der Waals surface area contributed by atoms with Crippen molar-refractivity contribution in [3.63, 3.8) is 0 Å². The Bertz CT molecular complexity index is 3400. The molecule has 0 saturated heterocycles. The van der Waals surface area contributed by atoms with Crippen molar-refractivity contribution < 1.29 is 0 Å². The van der Waals surface area contributed by atoms with Gasteiger partial charge in [-0.15, -0.1) is 11.3 Å². The summed E-state index contributed by atoms with van der Waals surface area (Å²) in [6, 6.07) is 59.7. The summed E-state index contributed by atoms with van der Waals surface area (Å²) in [6.45, 7) is 4.35. The summed E-state index contributed by atoms with van der Waals surface area (Å²) >= 11 is 1.90. The third-order valence-electron chi connectivity index (χ3n) is 11.3. The van der Waals surface area contributed by atoms with E-state index in [1.807, 2.05) is 11.3 Å². The average Bonchev–Trinajstić information content (AvgIpc) is 3.79. The van der Waals surface area contributed by atoms with E-state index in [4.69, 9.17) is 4.99 Å². The van der Waals surface area contributed by atoms with Crippen LogP contribution in [-0.2, 0) is 0 Å². The lowest BCUT2D eigenvalue weighted by atomic mass is 9.96. The number of thiophene rings is 1. The maximum Gasteiger partial charge on any atom is 0.145 e. The lowest BCUT2D eigenvalue weighted by Gasteiger charge is -2.19. The predicted molar refractivity (Wildman–Crippen MR) is 236 cm³/mol. The van der Waals surface area contributed by atoms with Gasteiger partial charge in [0.05, 0.1) is 21.4 Å². The number of aryl methyl sites for hydroxylation is 1. The largest absolute Gasteiger partial charge is 0.292 e. The van der Waals surface area contributed by atoms with Gasteiger partial charge in [-0.3, -0.25) is 4.57 Å². The Hall–Kier alpha value is -6.55. The molecule has 3 heteroatoms. The van der Waals surface area contributed by atoms with E-state index in [1.165, 1.54) is 74.2 Å². The van der Waals surface area contributed by atoms with E-state index >= 15 is 0 Å². The molecule has 11 rings (SSSR count). The molecule has 0 spiro atoms. The minimum absolute atomic E-state index is 0.915. The van der Waals surface area contributed by atoms with Crippen LogP contribution in [0.1, 0.15) is 18.1 Å². The summed E-state index contributed by atoms with van der Waals surface area (Å²) in [5.74, 6) is 0.915. The average molecular weight is 707 g/mol. The molecular formula is C51H34N2S. The van der Waals surface area contributed by atoms with E-state index in [9.17, 15) is 0 Å². The SMILES string of the molecule is C/C=C(\C(=Nc1c(C)ccc2ccccc12)n1c2ccccc2c2c3ccccc3c3c(sc4ccc5ccccc5c43)c21)c1cccc2ccccc12. The molecule has 0 aliphatic rings. The van der Waals surface area contributed by atoms with E-state index in [1.54, 1.807) is 0 Å². The fourth-order valence-electron chi connectivity index (χ4n) is 8.87. The molecule has 0 bridgehead atoms. The van der Waals surface area contributed by atoms with E-state index < -0.39 is 0 Å². The third kappa shape index (κ3) is 4.43. The molecule has 54 heavy (non-hydrogen) atoms. The second kappa shape index (κ2) is 12.0. The molecular weight excluding hydrogens is 673 g/mol. The Balaban J connectivity index is 1.39. The van der Waals surface area contributed by atoms with Crippen LogP contribution in [0.15, 0.2) is 175 Å². The molecule has 2 nitrogen and oxygen atoms in total. The molecule has 0 atom stereocenters. The number of aromatic nitrogens is 1. The van der Waals surface area contributed by atoms with Crippen LogP contribution in [0.2, 0.25) is 0 Å². The normalized spacial score (nSPS) is 12.9. The van der Waals surface area contributed by atoms with Crippen molar-refractivity contribution in [3.8, 4) is 0 Å². The third-order valence-corrected chi connectivity index (χ3v) is 12.4. The van der Waals surface area contributed by atoms with Gasteiger partial charge in [-0.2, -0.15) is 0 Å². The highest BCUT2D eigenvalue weighted by Crippen LogP contribution is 2.49. The van der Waals surface area contributed by atoms with Gasteiger partial charge in [-0.25, -0.2) is 4.99 Å². The number of fused-ring (bicyclic) bond motifs is 14. The minimum Gasteiger partial charge on any atom is -0.292 e. The first kappa shape index (κ1) is 31.0. The van der Waals surface area contributed by atoms with E-state index in [0.29, 0.717) is 0 Å². The highest BCUT2D eigenvalue weighted by atomic mass is 32.1. The molecule has 2 aromatic heterocycles. The van der Waals surface area contributed by atoms with Gasteiger partial charge >= 0.3 is 0 Å². The van der Waals surface area contributed by atoms with Crippen molar-refractivity contribution in [1.29, 1.82) is 0 Å². The number of aliphatic imine (C=N–C) groups is 1. The first-order valence-corrected chi connectivity index (χ1v) is 19.4. The molecule has 0 aliphatic heterocycles. The van der Waals surface area contributed by atoms with Crippen LogP contribution >= 0.6 is 11.3 Å². The fourth-order valence-corrected chi connectivity index (χ4v) is 10.1. The van der Waals surface area contributed by atoms with Crippen LogP contribution in [0.25, 0.3) is 90.6 Å². The number of rotatable bonds is 3. The van der Waals surface area contributed by atoms with Crippen molar-refractivity contribution in [1.82, 2.24) is 4.57 Å². The lowest BCUT2D eigenvalue weighted by molar-refractivity contribution is 1.27. The summed E-state index contributed by atoms with van der Waals surface area (Å²) in [6.07, 6.45) is 2.26. The first-order valence-electron chi connectivity index (χ1n) is 18.6.